The second kappa shape index (κ2) is 6.97. The largest absolute Gasteiger partial charge is 0.378 e. The molecule has 5 rings (SSSR count). The molecule has 1 saturated heterocycles. The molecule has 0 saturated carbocycles. The zero-order valence-electron chi connectivity index (χ0n) is 16.2. The Bertz CT molecular complexity index is 1080. The van der Waals surface area contributed by atoms with Gasteiger partial charge in [-0.05, 0) is 25.1 Å². The van der Waals surface area contributed by atoms with Gasteiger partial charge in [0.05, 0.1) is 24.3 Å². The van der Waals surface area contributed by atoms with Gasteiger partial charge in [0.25, 0.3) is 11.8 Å². The molecule has 0 unspecified atom stereocenters. The fraction of sp³-hybridized carbons (Fsp3) is 0.261. The third kappa shape index (κ3) is 2.87. The lowest BCUT2D eigenvalue weighted by atomic mass is 9.93. The number of allylic oxidation sites excluding steroid dienone is 4. The summed E-state index contributed by atoms with van der Waals surface area (Å²) in [7, 11) is 0. The molecule has 2 aromatic carbocycles. The van der Waals surface area contributed by atoms with E-state index >= 15 is 0 Å². The van der Waals surface area contributed by atoms with Crippen molar-refractivity contribution in [1.82, 2.24) is 5.01 Å². The summed E-state index contributed by atoms with van der Waals surface area (Å²) in [5, 5.41) is 7.06. The Hall–Kier alpha value is -3.25. The number of hydrogen-bond acceptors (Lipinski definition) is 5. The molecule has 2 heterocycles. The Morgan fingerprint density at radius 2 is 1.69 bits per heavy atom. The zero-order chi connectivity index (χ0) is 20.0. The number of carbonyl (C=O) groups is 2. The van der Waals surface area contributed by atoms with Crippen LogP contribution in [0, 0.1) is 5.92 Å². The molecule has 0 bridgehead atoms. The summed E-state index contributed by atoms with van der Waals surface area (Å²) < 4.78 is 5.46. The number of hydrogen-bond donors (Lipinski definition) is 0. The van der Waals surface area contributed by atoms with Gasteiger partial charge < -0.3 is 9.64 Å². The first-order valence-corrected chi connectivity index (χ1v) is 9.82. The van der Waals surface area contributed by atoms with Gasteiger partial charge in [0.1, 0.15) is 0 Å². The van der Waals surface area contributed by atoms with Gasteiger partial charge in [0.15, 0.2) is 0 Å². The average molecular weight is 387 g/mol. The van der Waals surface area contributed by atoms with Crippen LogP contribution in [0.25, 0.3) is 10.8 Å². The molecule has 29 heavy (non-hydrogen) atoms. The van der Waals surface area contributed by atoms with Gasteiger partial charge in [0.2, 0.25) is 0 Å². The lowest BCUT2D eigenvalue weighted by Gasteiger charge is -2.31. The number of amides is 2. The summed E-state index contributed by atoms with van der Waals surface area (Å²) in [6.45, 7) is 4.76. The number of ether oxygens (including phenoxy) is 1. The van der Waals surface area contributed by atoms with E-state index in [-0.39, 0.29) is 17.7 Å². The molecule has 2 aliphatic heterocycles. The second-order valence-electron chi connectivity index (χ2n) is 7.42. The van der Waals surface area contributed by atoms with Crippen molar-refractivity contribution < 1.29 is 14.3 Å². The quantitative estimate of drug-likeness (QED) is 0.598. The maximum Gasteiger partial charge on any atom is 0.282 e. The number of morpholine rings is 1. The minimum absolute atomic E-state index is 0.0106. The van der Waals surface area contributed by atoms with Crippen molar-refractivity contribution in [2.75, 3.05) is 31.2 Å². The van der Waals surface area contributed by atoms with E-state index in [0.29, 0.717) is 30.1 Å². The highest BCUT2D eigenvalue weighted by Crippen LogP contribution is 2.36. The molecule has 0 N–H and O–H groups in total. The molecule has 146 valence electrons. The predicted molar refractivity (Wildman–Crippen MR) is 112 cm³/mol. The molecule has 1 aliphatic carbocycles. The van der Waals surface area contributed by atoms with Crippen molar-refractivity contribution >= 4 is 34.0 Å². The summed E-state index contributed by atoms with van der Waals surface area (Å²) >= 11 is 0. The van der Waals surface area contributed by atoms with Crippen LogP contribution in [0.4, 0.5) is 5.69 Å². The van der Waals surface area contributed by atoms with Crippen molar-refractivity contribution in [2.45, 2.75) is 6.92 Å². The highest BCUT2D eigenvalue weighted by molar-refractivity contribution is 6.27. The van der Waals surface area contributed by atoms with Crippen LogP contribution in [0.5, 0.6) is 0 Å². The molecule has 0 atom stereocenters. The van der Waals surface area contributed by atoms with Crippen molar-refractivity contribution in [3.63, 3.8) is 0 Å². The highest BCUT2D eigenvalue weighted by atomic mass is 16.5. The van der Waals surface area contributed by atoms with E-state index in [1.807, 2.05) is 55.5 Å². The van der Waals surface area contributed by atoms with Gasteiger partial charge in [-0.15, -0.1) is 0 Å². The summed E-state index contributed by atoms with van der Waals surface area (Å²) in [4.78, 5) is 28.6. The molecular formula is C23H21N3O3. The van der Waals surface area contributed by atoms with Crippen molar-refractivity contribution in [3.05, 3.63) is 65.8 Å². The van der Waals surface area contributed by atoms with Gasteiger partial charge in [-0.3, -0.25) is 9.59 Å². The first-order chi connectivity index (χ1) is 14.1. The van der Waals surface area contributed by atoms with Crippen molar-refractivity contribution in [3.8, 4) is 0 Å². The molecule has 0 aromatic heterocycles. The van der Waals surface area contributed by atoms with E-state index in [1.54, 1.807) is 6.07 Å². The third-order valence-electron chi connectivity index (χ3n) is 5.70. The molecule has 1 fully saturated rings. The van der Waals surface area contributed by atoms with E-state index in [4.69, 9.17) is 4.74 Å². The van der Waals surface area contributed by atoms with Gasteiger partial charge in [0, 0.05) is 41.2 Å². The molecule has 6 heteroatoms. The van der Waals surface area contributed by atoms with E-state index in [2.05, 4.69) is 10.0 Å². The number of rotatable bonds is 3. The van der Waals surface area contributed by atoms with Crippen LogP contribution in [-0.4, -0.2) is 48.8 Å². The van der Waals surface area contributed by atoms with E-state index in [9.17, 15) is 9.59 Å². The van der Waals surface area contributed by atoms with Crippen LogP contribution in [-0.2, 0) is 4.74 Å². The van der Waals surface area contributed by atoms with Crippen molar-refractivity contribution in [2.24, 2.45) is 11.0 Å². The number of benzene rings is 2. The molecule has 2 amide bonds. The molecule has 3 aliphatic rings. The topological polar surface area (TPSA) is 62.2 Å². The van der Waals surface area contributed by atoms with Crippen LogP contribution >= 0.6 is 0 Å². The summed E-state index contributed by atoms with van der Waals surface area (Å²) in [5.74, 6) is -0.744. The van der Waals surface area contributed by atoms with Gasteiger partial charge in [-0.1, -0.05) is 36.4 Å². The van der Waals surface area contributed by atoms with E-state index in [0.717, 1.165) is 34.6 Å². The minimum Gasteiger partial charge on any atom is -0.378 e. The average Bonchev–Trinajstić information content (AvgIpc) is 3.30. The Kier molecular flexibility index (Phi) is 4.28. The SMILES string of the molecule is C/C(=N\N1C(=O)c2cccc3c(N4CCOCC4)ccc(c23)C1=O)C1C=CC=C1. The number of hydrazone groups is 1. The normalized spacial score (nSPS) is 19.7. The minimum atomic E-state index is -0.377. The Morgan fingerprint density at radius 3 is 2.41 bits per heavy atom. The van der Waals surface area contributed by atoms with E-state index < -0.39 is 0 Å². The van der Waals surface area contributed by atoms with Crippen LogP contribution in [0.15, 0.2) is 59.7 Å². The molecular weight excluding hydrogens is 366 g/mol. The summed E-state index contributed by atoms with van der Waals surface area (Å²) in [5.41, 5.74) is 2.77. The maximum atomic E-state index is 13.2. The summed E-state index contributed by atoms with van der Waals surface area (Å²) in [6.07, 6.45) is 7.85. The molecule has 2 aromatic rings. The molecule has 0 spiro atoms. The van der Waals surface area contributed by atoms with Crippen LogP contribution in [0.2, 0.25) is 0 Å². The van der Waals surface area contributed by atoms with Gasteiger partial charge in [-0.2, -0.15) is 10.1 Å². The standard InChI is InChI=1S/C23H21N3O3/c1-15(16-5-2-3-6-16)24-26-22(27)18-8-4-7-17-20(25-11-13-29-14-12-25)10-9-19(21(17)18)23(26)28/h2-10,16H,11-14H2,1H3/b24-15+. The first kappa shape index (κ1) is 17.8. The smallest absolute Gasteiger partial charge is 0.282 e. The number of carbonyl (C=O) groups excluding carboxylic acids is 2. The Balaban J connectivity index is 1.60. The van der Waals surface area contributed by atoms with Gasteiger partial charge in [-0.25, -0.2) is 0 Å². The van der Waals surface area contributed by atoms with Crippen molar-refractivity contribution in [1.29, 1.82) is 0 Å². The maximum absolute atomic E-state index is 13.2. The first-order valence-electron chi connectivity index (χ1n) is 9.82. The number of anilines is 1. The molecule has 6 nitrogen and oxygen atoms in total. The van der Waals surface area contributed by atoms with Crippen LogP contribution < -0.4 is 4.90 Å². The highest BCUT2D eigenvalue weighted by Gasteiger charge is 2.34. The Labute approximate surface area is 168 Å². The fourth-order valence-electron chi connectivity index (χ4n) is 4.17. The summed E-state index contributed by atoms with van der Waals surface area (Å²) in [6, 6.07) is 9.41. The third-order valence-corrected chi connectivity index (χ3v) is 5.70. The van der Waals surface area contributed by atoms with E-state index in [1.165, 1.54) is 0 Å². The molecule has 0 radical (unpaired) electrons. The lowest BCUT2D eigenvalue weighted by Crippen LogP contribution is -2.38. The second-order valence-corrected chi connectivity index (χ2v) is 7.42. The van der Waals surface area contributed by atoms with Gasteiger partial charge >= 0.3 is 0 Å². The van der Waals surface area contributed by atoms with Crippen LogP contribution in [0.3, 0.4) is 0 Å². The lowest BCUT2D eigenvalue weighted by molar-refractivity contribution is 0.0614. The fourth-order valence-corrected chi connectivity index (χ4v) is 4.17. The number of nitrogens with zero attached hydrogens (tertiary/aromatic N) is 3. The van der Waals surface area contributed by atoms with Crippen LogP contribution in [0.1, 0.15) is 27.6 Å². The predicted octanol–water partition coefficient (Wildman–Crippen LogP) is 3.39. The number of imide groups is 1. The Morgan fingerprint density at radius 1 is 1.00 bits per heavy atom. The zero-order valence-corrected chi connectivity index (χ0v) is 16.2. The monoisotopic (exact) mass is 387 g/mol.